The largest absolute Gasteiger partial charge is 0.399 e. The van der Waals surface area contributed by atoms with Crippen LogP contribution in [-0.2, 0) is 0 Å². The van der Waals surface area contributed by atoms with Gasteiger partial charge in [0.05, 0.1) is 11.1 Å². The van der Waals surface area contributed by atoms with Crippen molar-refractivity contribution in [1.29, 1.82) is 0 Å². The molecule has 1 saturated carbocycles. The van der Waals surface area contributed by atoms with Gasteiger partial charge in [-0.2, -0.15) is 0 Å². The highest BCUT2D eigenvalue weighted by Crippen LogP contribution is 2.47. The second-order valence-corrected chi connectivity index (χ2v) is 5.61. The predicted octanol–water partition coefficient (Wildman–Crippen LogP) is 2.42. The number of nitrogens with zero attached hydrogens (tertiary/aromatic N) is 1. The van der Waals surface area contributed by atoms with Gasteiger partial charge < -0.3 is 5.73 Å². The third kappa shape index (κ3) is 1.76. The van der Waals surface area contributed by atoms with E-state index in [1.807, 2.05) is 30.3 Å². The fraction of sp³-hybridized carbons (Fsp3) is 0.176. The van der Waals surface area contributed by atoms with Gasteiger partial charge in [-0.15, -0.1) is 0 Å². The number of rotatable bonds is 2. The molecular weight excluding hydrogens is 264 g/mol. The van der Waals surface area contributed by atoms with Crippen LogP contribution in [0.4, 0.5) is 5.69 Å². The predicted molar refractivity (Wildman–Crippen MR) is 78.9 cm³/mol. The Morgan fingerprint density at radius 3 is 2.43 bits per heavy atom. The van der Waals surface area contributed by atoms with E-state index in [9.17, 15) is 9.59 Å². The van der Waals surface area contributed by atoms with Crippen LogP contribution in [0.1, 0.15) is 38.6 Å². The van der Waals surface area contributed by atoms with Crippen LogP contribution in [0.25, 0.3) is 0 Å². The van der Waals surface area contributed by atoms with Crippen molar-refractivity contribution in [2.24, 2.45) is 0 Å². The van der Waals surface area contributed by atoms with Crippen LogP contribution in [0.15, 0.2) is 48.5 Å². The number of nitrogens with two attached hydrogens (primary N) is 1. The second-order valence-electron chi connectivity index (χ2n) is 5.61. The van der Waals surface area contributed by atoms with Crippen molar-refractivity contribution in [2.45, 2.75) is 18.4 Å². The van der Waals surface area contributed by atoms with Crippen molar-refractivity contribution in [1.82, 2.24) is 4.90 Å². The number of amides is 2. The van der Waals surface area contributed by atoms with Crippen LogP contribution in [-0.4, -0.2) is 22.8 Å². The minimum Gasteiger partial charge on any atom is -0.399 e. The highest BCUT2D eigenvalue weighted by atomic mass is 16.2. The highest BCUT2D eigenvalue weighted by Gasteiger charge is 2.51. The molecule has 2 aromatic rings. The van der Waals surface area contributed by atoms with Gasteiger partial charge in [-0.25, -0.2) is 0 Å². The Balaban J connectivity index is 1.64. The number of nitrogen functional groups attached to an aromatic ring is 1. The van der Waals surface area contributed by atoms with Crippen LogP contribution in [0, 0.1) is 0 Å². The number of imide groups is 1. The van der Waals surface area contributed by atoms with Crippen molar-refractivity contribution in [2.75, 3.05) is 5.73 Å². The molecule has 0 radical (unpaired) electrons. The molecule has 2 N–H and O–H groups in total. The van der Waals surface area contributed by atoms with Gasteiger partial charge >= 0.3 is 0 Å². The van der Waals surface area contributed by atoms with E-state index in [4.69, 9.17) is 5.73 Å². The summed E-state index contributed by atoms with van der Waals surface area (Å²) in [6, 6.07) is 14.9. The van der Waals surface area contributed by atoms with E-state index in [1.165, 1.54) is 10.5 Å². The molecule has 2 atom stereocenters. The fourth-order valence-corrected chi connectivity index (χ4v) is 3.10. The zero-order valence-corrected chi connectivity index (χ0v) is 11.3. The molecule has 0 aromatic heterocycles. The summed E-state index contributed by atoms with van der Waals surface area (Å²) in [5, 5.41) is 0. The van der Waals surface area contributed by atoms with E-state index < -0.39 is 0 Å². The third-order valence-electron chi connectivity index (χ3n) is 4.26. The number of anilines is 1. The first-order valence-electron chi connectivity index (χ1n) is 6.99. The summed E-state index contributed by atoms with van der Waals surface area (Å²) in [7, 11) is 0. The van der Waals surface area contributed by atoms with Crippen molar-refractivity contribution >= 4 is 17.5 Å². The molecule has 4 heteroatoms. The molecule has 21 heavy (non-hydrogen) atoms. The summed E-state index contributed by atoms with van der Waals surface area (Å²) >= 11 is 0. The Hall–Kier alpha value is -2.62. The first-order chi connectivity index (χ1) is 10.2. The standard InChI is InChI=1S/C17H14N2O2/c18-11-6-7-12-14(8-11)17(21)19(16(12)20)15-9-13(15)10-4-2-1-3-5-10/h1-8,13,15H,9,18H2. The van der Waals surface area contributed by atoms with E-state index in [2.05, 4.69) is 0 Å². The Kier molecular flexibility index (Phi) is 2.42. The maximum absolute atomic E-state index is 12.5. The lowest BCUT2D eigenvalue weighted by atomic mass is 10.1. The zero-order chi connectivity index (χ0) is 14.6. The molecule has 2 aromatic carbocycles. The lowest BCUT2D eigenvalue weighted by Crippen LogP contribution is -2.32. The molecule has 0 saturated heterocycles. The topological polar surface area (TPSA) is 63.4 Å². The molecule has 0 spiro atoms. The Bertz CT molecular complexity index is 755. The number of carbonyl (C=O) groups excluding carboxylic acids is 2. The van der Waals surface area contributed by atoms with Crippen LogP contribution in [0.3, 0.4) is 0 Å². The van der Waals surface area contributed by atoms with Crippen LogP contribution in [0.5, 0.6) is 0 Å². The molecular formula is C17H14N2O2. The third-order valence-corrected chi connectivity index (χ3v) is 4.26. The average Bonchev–Trinajstić information content (AvgIpc) is 3.24. The Labute approximate surface area is 122 Å². The SMILES string of the molecule is Nc1ccc2c(c1)C(=O)N(C1CC1c1ccccc1)C2=O. The maximum Gasteiger partial charge on any atom is 0.261 e. The van der Waals surface area contributed by atoms with E-state index in [1.54, 1.807) is 18.2 Å². The summed E-state index contributed by atoms with van der Waals surface area (Å²) in [4.78, 5) is 26.3. The van der Waals surface area contributed by atoms with E-state index in [-0.39, 0.29) is 23.8 Å². The van der Waals surface area contributed by atoms with Gasteiger partial charge in [0.2, 0.25) is 0 Å². The average molecular weight is 278 g/mol. The molecule has 104 valence electrons. The van der Waals surface area contributed by atoms with E-state index in [0.29, 0.717) is 16.8 Å². The van der Waals surface area contributed by atoms with Gasteiger partial charge in [0.1, 0.15) is 0 Å². The molecule has 1 aliphatic heterocycles. The van der Waals surface area contributed by atoms with Gasteiger partial charge in [0, 0.05) is 17.6 Å². The number of carbonyl (C=O) groups is 2. The molecule has 4 rings (SSSR count). The first-order valence-corrected chi connectivity index (χ1v) is 6.99. The fourth-order valence-electron chi connectivity index (χ4n) is 3.10. The molecule has 1 aliphatic carbocycles. The number of hydrogen-bond acceptors (Lipinski definition) is 3. The minimum absolute atomic E-state index is 0.0268. The van der Waals surface area contributed by atoms with Crippen molar-refractivity contribution in [3.63, 3.8) is 0 Å². The van der Waals surface area contributed by atoms with Gasteiger partial charge in [-0.3, -0.25) is 14.5 Å². The van der Waals surface area contributed by atoms with Crippen LogP contribution in [0.2, 0.25) is 0 Å². The summed E-state index contributed by atoms with van der Waals surface area (Å²) in [6.07, 6.45) is 0.838. The molecule has 1 fully saturated rings. The zero-order valence-electron chi connectivity index (χ0n) is 11.3. The minimum atomic E-state index is -0.217. The smallest absolute Gasteiger partial charge is 0.261 e. The molecule has 2 unspecified atom stereocenters. The number of benzene rings is 2. The molecule has 4 nitrogen and oxygen atoms in total. The van der Waals surface area contributed by atoms with Gasteiger partial charge in [-0.05, 0) is 30.2 Å². The first kappa shape index (κ1) is 12.1. The van der Waals surface area contributed by atoms with Crippen molar-refractivity contribution in [3.05, 3.63) is 65.2 Å². The van der Waals surface area contributed by atoms with E-state index >= 15 is 0 Å². The lowest BCUT2D eigenvalue weighted by molar-refractivity contribution is 0.0639. The summed E-state index contributed by atoms with van der Waals surface area (Å²) in [6.45, 7) is 0. The summed E-state index contributed by atoms with van der Waals surface area (Å²) < 4.78 is 0. The van der Waals surface area contributed by atoms with Crippen LogP contribution < -0.4 is 5.73 Å². The maximum atomic E-state index is 12.5. The van der Waals surface area contributed by atoms with Crippen LogP contribution >= 0.6 is 0 Å². The van der Waals surface area contributed by atoms with Crippen molar-refractivity contribution in [3.8, 4) is 0 Å². The van der Waals surface area contributed by atoms with Gasteiger partial charge in [-0.1, -0.05) is 30.3 Å². The molecule has 1 heterocycles. The molecule has 2 aliphatic rings. The normalized spacial score (nSPS) is 23.3. The van der Waals surface area contributed by atoms with Crippen molar-refractivity contribution < 1.29 is 9.59 Å². The summed E-state index contributed by atoms with van der Waals surface area (Å²) in [5.74, 6) is -0.157. The second kappa shape index (κ2) is 4.19. The monoisotopic (exact) mass is 278 g/mol. The Morgan fingerprint density at radius 2 is 1.67 bits per heavy atom. The Morgan fingerprint density at radius 1 is 0.952 bits per heavy atom. The molecule has 2 amide bonds. The van der Waals surface area contributed by atoms with Gasteiger partial charge in [0.15, 0.2) is 0 Å². The van der Waals surface area contributed by atoms with E-state index in [0.717, 1.165) is 6.42 Å². The summed E-state index contributed by atoms with van der Waals surface area (Å²) in [5.41, 5.74) is 8.29. The quantitative estimate of drug-likeness (QED) is 0.678. The highest BCUT2D eigenvalue weighted by molar-refractivity contribution is 6.22. The van der Waals surface area contributed by atoms with Gasteiger partial charge in [0.25, 0.3) is 11.8 Å². The number of fused-ring (bicyclic) bond motifs is 1. The number of hydrogen-bond donors (Lipinski definition) is 1. The molecule has 0 bridgehead atoms. The lowest BCUT2D eigenvalue weighted by Gasteiger charge is -2.13.